The van der Waals surface area contributed by atoms with E-state index in [0.717, 1.165) is 23.2 Å². The van der Waals surface area contributed by atoms with Crippen LogP contribution >= 0.6 is 0 Å². The molecule has 0 aliphatic carbocycles. The summed E-state index contributed by atoms with van der Waals surface area (Å²) in [5, 5.41) is 0. The van der Waals surface area contributed by atoms with Crippen LogP contribution in [-0.2, 0) is 17.7 Å². The highest BCUT2D eigenvalue weighted by Crippen LogP contribution is 2.18. The molecule has 0 aromatic carbocycles. The molecule has 2 rings (SSSR count). The van der Waals surface area contributed by atoms with E-state index in [2.05, 4.69) is 11.1 Å². The second kappa shape index (κ2) is 4.51. The van der Waals surface area contributed by atoms with Gasteiger partial charge in [0.05, 0.1) is 13.2 Å². The molecule has 0 radical (unpaired) electrons. The quantitative estimate of drug-likeness (QED) is 0.726. The molecule has 2 heterocycles. The van der Waals surface area contributed by atoms with E-state index in [4.69, 9.17) is 4.74 Å². The first-order valence-electron chi connectivity index (χ1n) is 5.57. The van der Waals surface area contributed by atoms with Crippen LogP contribution in [0.5, 0.6) is 0 Å². The van der Waals surface area contributed by atoms with E-state index >= 15 is 0 Å². The molecule has 86 valence electrons. The van der Waals surface area contributed by atoms with E-state index in [-0.39, 0.29) is 6.09 Å². The maximum atomic E-state index is 11.6. The Morgan fingerprint density at radius 2 is 2.44 bits per heavy atom. The zero-order valence-corrected chi connectivity index (χ0v) is 9.69. The first-order chi connectivity index (χ1) is 7.70. The Morgan fingerprint density at radius 1 is 1.62 bits per heavy atom. The van der Waals surface area contributed by atoms with Gasteiger partial charge in [-0.1, -0.05) is 6.07 Å². The Hall–Kier alpha value is -1.58. The van der Waals surface area contributed by atoms with Gasteiger partial charge in [-0.25, -0.2) is 4.79 Å². The maximum Gasteiger partial charge on any atom is 0.410 e. The summed E-state index contributed by atoms with van der Waals surface area (Å²) in [7, 11) is 0. The normalized spacial score (nSPS) is 14.5. The second-order valence-electron chi connectivity index (χ2n) is 3.99. The van der Waals surface area contributed by atoms with Crippen molar-refractivity contribution in [2.75, 3.05) is 13.2 Å². The Labute approximate surface area is 95.2 Å². The third kappa shape index (κ3) is 2.15. The average Bonchev–Trinajstić information content (AvgIpc) is 2.28. The van der Waals surface area contributed by atoms with Crippen molar-refractivity contribution in [3.05, 3.63) is 29.1 Å². The van der Waals surface area contributed by atoms with Gasteiger partial charge in [0.25, 0.3) is 0 Å². The number of carbonyl (C=O) groups excluding carboxylic acids is 1. The topological polar surface area (TPSA) is 42.4 Å². The van der Waals surface area contributed by atoms with Crippen LogP contribution in [0.25, 0.3) is 0 Å². The first-order valence-corrected chi connectivity index (χ1v) is 5.57. The first kappa shape index (κ1) is 10.9. The van der Waals surface area contributed by atoms with Crippen molar-refractivity contribution in [2.24, 2.45) is 0 Å². The molecule has 0 unspecified atom stereocenters. The highest BCUT2D eigenvalue weighted by Gasteiger charge is 2.22. The van der Waals surface area contributed by atoms with E-state index in [1.165, 1.54) is 0 Å². The monoisotopic (exact) mass is 220 g/mol. The number of ether oxygens (including phenoxy) is 1. The molecule has 0 saturated heterocycles. The highest BCUT2D eigenvalue weighted by molar-refractivity contribution is 5.68. The fourth-order valence-corrected chi connectivity index (χ4v) is 1.92. The lowest BCUT2D eigenvalue weighted by Crippen LogP contribution is -2.36. The Kier molecular flexibility index (Phi) is 3.08. The van der Waals surface area contributed by atoms with E-state index in [1.807, 2.05) is 20.0 Å². The molecule has 0 fully saturated rings. The molecule has 0 atom stereocenters. The predicted octanol–water partition coefficient (Wildman–Crippen LogP) is 1.90. The van der Waals surface area contributed by atoms with Gasteiger partial charge in [0.2, 0.25) is 0 Å². The molecule has 16 heavy (non-hydrogen) atoms. The minimum Gasteiger partial charge on any atom is -0.450 e. The maximum absolute atomic E-state index is 11.6. The van der Waals surface area contributed by atoms with Gasteiger partial charge in [-0.05, 0) is 25.0 Å². The molecule has 0 bridgehead atoms. The molecule has 4 nitrogen and oxygen atoms in total. The van der Waals surface area contributed by atoms with Gasteiger partial charge in [0.1, 0.15) is 0 Å². The third-order valence-corrected chi connectivity index (χ3v) is 2.70. The molecule has 1 aromatic heterocycles. The molecule has 1 amide bonds. The Bertz CT molecular complexity index is 404. The fourth-order valence-electron chi connectivity index (χ4n) is 1.92. The standard InChI is InChI=1S/C12H16N2O2/c1-3-16-12(15)14-5-4-11-10(8-14)6-9(2)7-13-11/h6-7H,3-5,8H2,1-2H3. The summed E-state index contributed by atoms with van der Waals surface area (Å²) in [6.07, 6.45) is 2.46. The van der Waals surface area contributed by atoms with E-state index in [9.17, 15) is 4.79 Å². The molecule has 1 aliphatic heterocycles. The summed E-state index contributed by atoms with van der Waals surface area (Å²) in [6.45, 7) is 5.57. The van der Waals surface area contributed by atoms with Gasteiger partial charge in [-0.2, -0.15) is 0 Å². The number of rotatable bonds is 1. The number of fused-ring (bicyclic) bond motifs is 1. The molecule has 1 aromatic rings. The van der Waals surface area contributed by atoms with Crippen LogP contribution in [0, 0.1) is 6.92 Å². The molecule has 4 heteroatoms. The van der Waals surface area contributed by atoms with Crippen molar-refractivity contribution in [3.63, 3.8) is 0 Å². The summed E-state index contributed by atoms with van der Waals surface area (Å²) in [6, 6.07) is 2.09. The number of aryl methyl sites for hydroxylation is 1. The van der Waals surface area contributed by atoms with Gasteiger partial charge >= 0.3 is 6.09 Å². The van der Waals surface area contributed by atoms with Crippen LogP contribution in [0.2, 0.25) is 0 Å². The lowest BCUT2D eigenvalue weighted by molar-refractivity contribution is 0.102. The van der Waals surface area contributed by atoms with Gasteiger partial charge in [-0.15, -0.1) is 0 Å². The lowest BCUT2D eigenvalue weighted by atomic mass is 10.0. The van der Waals surface area contributed by atoms with Crippen molar-refractivity contribution in [3.8, 4) is 0 Å². The SMILES string of the molecule is CCOC(=O)N1CCc2ncc(C)cc2C1. The van der Waals surface area contributed by atoms with E-state index in [0.29, 0.717) is 19.7 Å². The summed E-state index contributed by atoms with van der Waals surface area (Å²) < 4.78 is 4.99. The van der Waals surface area contributed by atoms with Gasteiger partial charge in [-0.3, -0.25) is 4.98 Å². The minimum absolute atomic E-state index is 0.227. The minimum atomic E-state index is -0.227. The summed E-state index contributed by atoms with van der Waals surface area (Å²) in [5.74, 6) is 0. The fraction of sp³-hybridized carbons (Fsp3) is 0.500. The van der Waals surface area contributed by atoms with E-state index < -0.39 is 0 Å². The van der Waals surface area contributed by atoms with Crippen LogP contribution in [0.1, 0.15) is 23.7 Å². The Morgan fingerprint density at radius 3 is 3.19 bits per heavy atom. The van der Waals surface area contributed by atoms with Crippen molar-refractivity contribution >= 4 is 6.09 Å². The molecule has 0 spiro atoms. The smallest absolute Gasteiger partial charge is 0.410 e. The van der Waals surface area contributed by atoms with Gasteiger partial charge < -0.3 is 9.64 Å². The molecular formula is C12H16N2O2. The predicted molar refractivity (Wildman–Crippen MR) is 60.1 cm³/mol. The van der Waals surface area contributed by atoms with Crippen molar-refractivity contribution < 1.29 is 9.53 Å². The van der Waals surface area contributed by atoms with Crippen molar-refractivity contribution in [1.29, 1.82) is 0 Å². The van der Waals surface area contributed by atoms with Crippen molar-refractivity contribution in [2.45, 2.75) is 26.8 Å². The number of aromatic nitrogens is 1. The number of hydrogen-bond donors (Lipinski definition) is 0. The summed E-state index contributed by atoms with van der Waals surface area (Å²) in [5.41, 5.74) is 3.37. The van der Waals surface area contributed by atoms with Gasteiger partial charge in [0.15, 0.2) is 0 Å². The number of amides is 1. The number of nitrogens with zero attached hydrogens (tertiary/aromatic N) is 2. The number of carbonyl (C=O) groups is 1. The van der Waals surface area contributed by atoms with Crippen molar-refractivity contribution in [1.82, 2.24) is 9.88 Å². The Balaban J connectivity index is 2.13. The number of hydrogen-bond acceptors (Lipinski definition) is 3. The average molecular weight is 220 g/mol. The zero-order chi connectivity index (χ0) is 11.5. The summed E-state index contributed by atoms with van der Waals surface area (Å²) >= 11 is 0. The molecule has 1 aliphatic rings. The van der Waals surface area contributed by atoms with E-state index in [1.54, 1.807) is 4.90 Å². The second-order valence-corrected chi connectivity index (χ2v) is 3.99. The number of pyridine rings is 1. The highest BCUT2D eigenvalue weighted by atomic mass is 16.6. The van der Waals surface area contributed by atoms with Crippen LogP contribution in [-0.4, -0.2) is 29.1 Å². The largest absolute Gasteiger partial charge is 0.450 e. The molecular weight excluding hydrogens is 204 g/mol. The van der Waals surface area contributed by atoms with Gasteiger partial charge in [0, 0.05) is 24.9 Å². The molecule has 0 saturated carbocycles. The van der Waals surface area contributed by atoms with Crippen LogP contribution in [0.4, 0.5) is 4.79 Å². The van der Waals surface area contributed by atoms with Crippen LogP contribution in [0.3, 0.4) is 0 Å². The van der Waals surface area contributed by atoms with Crippen LogP contribution < -0.4 is 0 Å². The summed E-state index contributed by atoms with van der Waals surface area (Å²) in [4.78, 5) is 17.7. The lowest BCUT2D eigenvalue weighted by Gasteiger charge is -2.27. The zero-order valence-electron chi connectivity index (χ0n) is 9.69. The van der Waals surface area contributed by atoms with Crippen LogP contribution in [0.15, 0.2) is 12.3 Å². The third-order valence-electron chi connectivity index (χ3n) is 2.70. The molecule has 0 N–H and O–H groups in total.